The summed E-state index contributed by atoms with van der Waals surface area (Å²) < 4.78 is 0. The summed E-state index contributed by atoms with van der Waals surface area (Å²) in [6.07, 6.45) is 4.33. The van der Waals surface area contributed by atoms with Crippen molar-refractivity contribution in [1.29, 1.82) is 0 Å². The first-order valence-corrected chi connectivity index (χ1v) is 6.66. The van der Waals surface area contributed by atoms with Gasteiger partial charge in [-0.2, -0.15) is 0 Å². The standard InChI is InChI=1S/C15H19N3/c1-11-4-2-3-5-13(11)14-10-17-15(18-14)12-6-8-16-9-7-12/h2-5,10,12,16H,6-9H2,1H3,(H,17,18). The maximum Gasteiger partial charge on any atom is 0.109 e. The number of benzene rings is 1. The minimum Gasteiger partial charge on any atom is -0.342 e. The Morgan fingerprint density at radius 1 is 1.17 bits per heavy atom. The molecular formula is C15H19N3. The van der Waals surface area contributed by atoms with Crippen molar-refractivity contribution in [2.75, 3.05) is 13.1 Å². The molecule has 0 radical (unpaired) electrons. The largest absolute Gasteiger partial charge is 0.342 e. The molecule has 1 aromatic carbocycles. The fraction of sp³-hybridized carbons (Fsp3) is 0.400. The Labute approximate surface area is 108 Å². The number of hydrogen-bond acceptors (Lipinski definition) is 2. The Balaban J connectivity index is 1.87. The van der Waals surface area contributed by atoms with Crippen LogP contribution in [-0.4, -0.2) is 23.1 Å². The number of aromatic amines is 1. The number of rotatable bonds is 2. The number of aryl methyl sites for hydroxylation is 1. The van der Waals surface area contributed by atoms with Crippen molar-refractivity contribution in [3.63, 3.8) is 0 Å². The van der Waals surface area contributed by atoms with Crippen LogP contribution in [0.25, 0.3) is 11.3 Å². The Morgan fingerprint density at radius 2 is 1.94 bits per heavy atom. The van der Waals surface area contributed by atoms with Gasteiger partial charge >= 0.3 is 0 Å². The smallest absolute Gasteiger partial charge is 0.109 e. The number of piperidine rings is 1. The predicted molar refractivity (Wildman–Crippen MR) is 73.6 cm³/mol. The Kier molecular flexibility index (Phi) is 3.15. The van der Waals surface area contributed by atoms with Gasteiger partial charge in [-0.1, -0.05) is 24.3 Å². The van der Waals surface area contributed by atoms with E-state index in [9.17, 15) is 0 Å². The van der Waals surface area contributed by atoms with Gasteiger partial charge in [0.2, 0.25) is 0 Å². The van der Waals surface area contributed by atoms with Gasteiger partial charge in [-0.15, -0.1) is 0 Å². The molecule has 3 nitrogen and oxygen atoms in total. The second-order valence-electron chi connectivity index (χ2n) is 5.02. The number of aromatic nitrogens is 2. The van der Waals surface area contributed by atoms with Gasteiger partial charge in [0.25, 0.3) is 0 Å². The van der Waals surface area contributed by atoms with Crippen LogP contribution in [0.15, 0.2) is 30.5 Å². The van der Waals surface area contributed by atoms with E-state index in [2.05, 4.69) is 46.5 Å². The molecular weight excluding hydrogens is 222 g/mol. The molecule has 0 unspecified atom stereocenters. The fourth-order valence-corrected chi connectivity index (χ4v) is 2.65. The van der Waals surface area contributed by atoms with Crippen LogP contribution < -0.4 is 5.32 Å². The minimum atomic E-state index is 0.587. The van der Waals surface area contributed by atoms with Gasteiger partial charge in [0.1, 0.15) is 5.82 Å². The molecule has 2 N–H and O–H groups in total. The summed E-state index contributed by atoms with van der Waals surface area (Å²) in [6.45, 7) is 4.34. The second kappa shape index (κ2) is 4.94. The van der Waals surface area contributed by atoms with Gasteiger partial charge in [-0.3, -0.25) is 0 Å². The van der Waals surface area contributed by atoms with E-state index in [1.54, 1.807) is 0 Å². The van der Waals surface area contributed by atoms with Crippen LogP contribution in [0.1, 0.15) is 30.1 Å². The van der Waals surface area contributed by atoms with Crippen LogP contribution in [0, 0.1) is 6.92 Å². The summed E-state index contributed by atoms with van der Waals surface area (Å²) in [4.78, 5) is 8.08. The average molecular weight is 241 g/mol. The van der Waals surface area contributed by atoms with Gasteiger partial charge in [0, 0.05) is 11.5 Å². The third-order valence-electron chi connectivity index (χ3n) is 3.76. The zero-order valence-corrected chi connectivity index (χ0v) is 10.7. The lowest BCUT2D eigenvalue weighted by atomic mass is 9.97. The topological polar surface area (TPSA) is 40.7 Å². The third kappa shape index (κ3) is 2.18. The molecule has 1 aliphatic heterocycles. The highest BCUT2D eigenvalue weighted by molar-refractivity contribution is 5.62. The molecule has 2 aromatic rings. The lowest BCUT2D eigenvalue weighted by Crippen LogP contribution is -2.27. The number of nitrogens with zero attached hydrogens (tertiary/aromatic N) is 1. The van der Waals surface area contributed by atoms with Gasteiger partial charge in [0.15, 0.2) is 0 Å². The van der Waals surface area contributed by atoms with Crippen molar-refractivity contribution in [3.8, 4) is 11.3 Å². The number of nitrogens with one attached hydrogen (secondary N) is 2. The maximum atomic E-state index is 4.57. The van der Waals surface area contributed by atoms with Crippen LogP contribution in [0.3, 0.4) is 0 Å². The van der Waals surface area contributed by atoms with E-state index in [1.807, 2.05) is 6.20 Å². The number of H-pyrrole nitrogens is 1. The first-order valence-electron chi connectivity index (χ1n) is 6.66. The normalized spacial score (nSPS) is 16.9. The van der Waals surface area contributed by atoms with Crippen molar-refractivity contribution in [2.24, 2.45) is 0 Å². The van der Waals surface area contributed by atoms with E-state index < -0.39 is 0 Å². The van der Waals surface area contributed by atoms with E-state index in [-0.39, 0.29) is 0 Å². The van der Waals surface area contributed by atoms with Gasteiger partial charge in [0.05, 0.1) is 11.9 Å². The fourth-order valence-electron chi connectivity index (χ4n) is 2.65. The molecule has 1 fully saturated rings. The molecule has 0 amide bonds. The number of imidazole rings is 1. The molecule has 94 valence electrons. The van der Waals surface area contributed by atoms with Gasteiger partial charge < -0.3 is 10.3 Å². The van der Waals surface area contributed by atoms with Crippen LogP contribution in [0.2, 0.25) is 0 Å². The molecule has 1 aromatic heterocycles. The molecule has 0 atom stereocenters. The zero-order chi connectivity index (χ0) is 12.4. The van der Waals surface area contributed by atoms with Crippen molar-refractivity contribution in [1.82, 2.24) is 15.3 Å². The first-order chi connectivity index (χ1) is 8.84. The highest BCUT2D eigenvalue weighted by Crippen LogP contribution is 2.26. The van der Waals surface area contributed by atoms with E-state index in [1.165, 1.54) is 24.0 Å². The van der Waals surface area contributed by atoms with Crippen LogP contribution in [0.4, 0.5) is 0 Å². The average Bonchev–Trinajstić information content (AvgIpc) is 2.90. The highest BCUT2D eigenvalue weighted by Gasteiger charge is 2.18. The Hall–Kier alpha value is -1.61. The maximum absolute atomic E-state index is 4.57. The monoisotopic (exact) mass is 241 g/mol. The molecule has 0 saturated carbocycles. The Bertz CT molecular complexity index is 524. The number of hydrogen-bond donors (Lipinski definition) is 2. The first kappa shape index (κ1) is 11.5. The molecule has 1 aliphatic rings. The molecule has 0 bridgehead atoms. The summed E-state index contributed by atoms with van der Waals surface area (Å²) in [7, 11) is 0. The molecule has 3 rings (SSSR count). The minimum absolute atomic E-state index is 0.587. The van der Waals surface area contributed by atoms with E-state index >= 15 is 0 Å². The van der Waals surface area contributed by atoms with Crippen molar-refractivity contribution in [3.05, 3.63) is 41.9 Å². The lowest BCUT2D eigenvalue weighted by molar-refractivity contribution is 0.447. The second-order valence-corrected chi connectivity index (χ2v) is 5.02. The molecule has 18 heavy (non-hydrogen) atoms. The quantitative estimate of drug-likeness (QED) is 0.848. The molecule has 1 saturated heterocycles. The molecule has 0 aliphatic carbocycles. The van der Waals surface area contributed by atoms with Gasteiger partial charge in [-0.25, -0.2) is 4.98 Å². The van der Waals surface area contributed by atoms with E-state index in [0.717, 1.165) is 24.6 Å². The summed E-state index contributed by atoms with van der Waals surface area (Å²) in [5.74, 6) is 1.73. The Morgan fingerprint density at radius 3 is 2.72 bits per heavy atom. The van der Waals surface area contributed by atoms with Gasteiger partial charge in [-0.05, 0) is 38.4 Å². The SMILES string of the molecule is Cc1ccccc1-c1cnc(C2CCNCC2)[nH]1. The summed E-state index contributed by atoms with van der Waals surface area (Å²) >= 11 is 0. The van der Waals surface area contributed by atoms with Crippen molar-refractivity contribution < 1.29 is 0 Å². The van der Waals surface area contributed by atoms with E-state index in [4.69, 9.17) is 0 Å². The van der Waals surface area contributed by atoms with Crippen LogP contribution in [-0.2, 0) is 0 Å². The molecule has 0 spiro atoms. The summed E-state index contributed by atoms with van der Waals surface area (Å²) in [5.41, 5.74) is 3.69. The van der Waals surface area contributed by atoms with Crippen LogP contribution in [0.5, 0.6) is 0 Å². The van der Waals surface area contributed by atoms with Crippen molar-refractivity contribution >= 4 is 0 Å². The van der Waals surface area contributed by atoms with Crippen molar-refractivity contribution in [2.45, 2.75) is 25.7 Å². The highest BCUT2D eigenvalue weighted by atomic mass is 14.9. The zero-order valence-electron chi connectivity index (χ0n) is 10.7. The van der Waals surface area contributed by atoms with Crippen LogP contribution >= 0.6 is 0 Å². The third-order valence-corrected chi connectivity index (χ3v) is 3.76. The van der Waals surface area contributed by atoms with E-state index in [0.29, 0.717) is 5.92 Å². The molecule has 2 heterocycles. The summed E-state index contributed by atoms with van der Waals surface area (Å²) in [5, 5.41) is 3.39. The lowest BCUT2D eigenvalue weighted by Gasteiger charge is -2.20. The predicted octanol–water partition coefficient (Wildman–Crippen LogP) is 2.85. The summed E-state index contributed by atoms with van der Waals surface area (Å²) in [6, 6.07) is 8.44. The molecule has 3 heteroatoms.